The fraction of sp³-hybridized carbons (Fsp3) is 0.364. The van der Waals surface area contributed by atoms with E-state index >= 15 is 0 Å². The van der Waals surface area contributed by atoms with Crippen LogP contribution in [0, 0.1) is 0 Å². The van der Waals surface area contributed by atoms with Crippen molar-refractivity contribution in [1.82, 2.24) is 14.8 Å². The fourth-order valence-electron chi connectivity index (χ4n) is 3.76. The number of nitrogen functional groups attached to an aromatic ring is 1. The Bertz CT molecular complexity index is 931. The van der Waals surface area contributed by atoms with Crippen LogP contribution >= 0.6 is 0 Å². The topological polar surface area (TPSA) is 78.0 Å². The maximum Gasteiger partial charge on any atom is 0.241 e. The highest BCUT2D eigenvalue weighted by Crippen LogP contribution is 2.38. The third-order valence-corrected chi connectivity index (χ3v) is 5.29. The lowest BCUT2D eigenvalue weighted by Crippen LogP contribution is -2.28. The van der Waals surface area contributed by atoms with E-state index in [1.807, 2.05) is 23.7 Å². The lowest BCUT2D eigenvalue weighted by molar-refractivity contribution is 0.340. The van der Waals surface area contributed by atoms with Gasteiger partial charge in [-0.2, -0.15) is 4.98 Å². The smallest absolute Gasteiger partial charge is 0.241 e. The summed E-state index contributed by atoms with van der Waals surface area (Å²) in [5, 5.41) is 7.92. The number of hydrogen-bond acceptors (Lipinski definition) is 5. The second-order valence-electron chi connectivity index (χ2n) is 7.51. The average Bonchev–Trinajstić information content (AvgIpc) is 3.08. The summed E-state index contributed by atoms with van der Waals surface area (Å²) in [7, 11) is 0. The van der Waals surface area contributed by atoms with Crippen molar-refractivity contribution in [3.63, 3.8) is 0 Å². The summed E-state index contributed by atoms with van der Waals surface area (Å²) in [6, 6.07) is 17.3. The first kappa shape index (κ1) is 18.3. The highest BCUT2D eigenvalue weighted by molar-refractivity contribution is 5.43. The van der Waals surface area contributed by atoms with Crippen LogP contribution in [0.3, 0.4) is 0 Å². The first-order chi connectivity index (χ1) is 13.5. The number of hydrogen-bond donors (Lipinski definition) is 2. The summed E-state index contributed by atoms with van der Waals surface area (Å²) in [6.07, 6.45) is 0.866. The molecule has 1 aromatic heterocycles. The summed E-state index contributed by atoms with van der Waals surface area (Å²) >= 11 is 0. The second-order valence-corrected chi connectivity index (χ2v) is 7.51. The number of aromatic nitrogens is 3. The van der Waals surface area contributed by atoms with E-state index in [1.54, 1.807) is 0 Å². The Morgan fingerprint density at radius 2 is 1.79 bits per heavy atom. The molecule has 0 unspecified atom stereocenters. The monoisotopic (exact) mass is 377 g/mol. The van der Waals surface area contributed by atoms with Crippen molar-refractivity contribution in [2.75, 3.05) is 17.7 Å². The summed E-state index contributed by atoms with van der Waals surface area (Å²) < 4.78 is 7.47. The highest BCUT2D eigenvalue weighted by Gasteiger charge is 2.30. The summed E-state index contributed by atoms with van der Waals surface area (Å²) in [5.74, 6) is 2.39. The van der Waals surface area contributed by atoms with Crippen LogP contribution in [0.5, 0.6) is 5.75 Å². The highest BCUT2D eigenvalue weighted by atomic mass is 16.5. The quantitative estimate of drug-likeness (QED) is 0.683. The van der Waals surface area contributed by atoms with Gasteiger partial charge in [0.15, 0.2) is 0 Å². The first-order valence-corrected chi connectivity index (χ1v) is 9.86. The Kier molecular flexibility index (Phi) is 4.94. The van der Waals surface area contributed by atoms with Gasteiger partial charge >= 0.3 is 0 Å². The molecule has 2 atom stereocenters. The molecule has 2 heterocycles. The third-order valence-electron chi connectivity index (χ3n) is 5.29. The number of nitrogens with zero attached hydrogens (tertiary/aromatic N) is 3. The third kappa shape index (κ3) is 3.54. The molecule has 4 rings (SSSR count). The molecule has 0 fully saturated rings. The van der Waals surface area contributed by atoms with Gasteiger partial charge in [-0.25, -0.2) is 4.68 Å². The minimum Gasteiger partial charge on any atom is -0.494 e. The number of anilines is 2. The molecule has 0 saturated heterocycles. The zero-order valence-corrected chi connectivity index (χ0v) is 16.6. The van der Waals surface area contributed by atoms with Crippen molar-refractivity contribution in [2.45, 2.75) is 45.2 Å². The molecule has 0 saturated carbocycles. The zero-order valence-electron chi connectivity index (χ0n) is 16.6. The molecule has 1 aliphatic heterocycles. The lowest BCUT2D eigenvalue weighted by atomic mass is 9.92. The Morgan fingerprint density at radius 1 is 1.11 bits per heavy atom. The van der Waals surface area contributed by atoms with Crippen molar-refractivity contribution >= 4 is 11.9 Å². The van der Waals surface area contributed by atoms with E-state index in [9.17, 15) is 0 Å². The standard InChI is InChI=1S/C22H27N5O/c1-4-28-18-11-9-16(10-12-18)19-13-20(27-22(24-19)25-21(23)26-27)17-7-5-15(6-8-17)14(2)3/h5-12,14,19-20H,4,13H2,1-3H3,(H3,23,24,25,26)/t19-,20+/m0/s1. The van der Waals surface area contributed by atoms with Crippen molar-refractivity contribution in [1.29, 1.82) is 0 Å². The normalized spacial score (nSPS) is 18.6. The molecule has 6 nitrogen and oxygen atoms in total. The van der Waals surface area contributed by atoms with Crippen molar-refractivity contribution in [3.8, 4) is 5.75 Å². The van der Waals surface area contributed by atoms with Gasteiger partial charge in [-0.3, -0.25) is 0 Å². The van der Waals surface area contributed by atoms with Gasteiger partial charge in [0.05, 0.1) is 18.7 Å². The minimum absolute atomic E-state index is 0.0823. The molecule has 28 heavy (non-hydrogen) atoms. The van der Waals surface area contributed by atoms with Gasteiger partial charge in [0.25, 0.3) is 0 Å². The van der Waals surface area contributed by atoms with Crippen LogP contribution in [0.4, 0.5) is 11.9 Å². The van der Waals surface area contributed by atoms with E-state index in [0.717, 1.165) is 12.2 Å². The van der Waals surface area contributed by atoms with E-state index in [1.165, 1.54) is 16.7 Å². The Labute approximate surface area is 165 Å². The molecule has 0 radical (unpaired) electrons. The number of nitrogens with two attached hydrogens (primary N) is 1. The molecule has 6 heteroatoms. The molecule has 0 amide bonds. The van der Waals surface area contributed by atoms with Crippen LogP contribution in [0.25, 0.3) is 0 Å². The van der Waals surface area contributed by atoms with Crippen molar-refractivity contribution in [3.05, 3.63) is 65.2 Å². The van der Waals surface area contributed by atoms with Gasteiger partial charge < -0.3 is 15.8 Å². The van der Waals surface area contributed by atoms with Crippen LogP contribution in [0.2, 0.25) is 0 Å². The van der Waals surface area contributed by atoms with Gasteiger partial charge in [-0.1, -0.05) is 50.2 Å². The van der Waals surface area contributed by atoms with E-state index in [-0.39, 0.29) is 12.1 Å². The molecule has 0 aliphatic carbocycles. The Morgan fingerprint density at radius 3 is 2.43 bits per heavy atom. The van der Waals surface area contributed by atoms with Crippen LogP contribution < -0.4 is 15.8 Å². The van der Waals surface area contributed by atoms with Gasteiger partial charge in [0.2, 0.25) is 11.9 Å². The van der Waals surface area contributed by atoms with Crippen LogP contribution in [-0.4, -0.2) is 21.4 Å². The molecule has 0 spiro atoms. The molecule has 3 N–H and O–H groups in total. The largest absolute Gasteiger partial charge is 0.494 e. The van der Waals surface area contributed by atoms with E-state index < -0.39 is 0 Å². The maximum absolute atomic E-state index is 5.90. The SMILES string of the molecule is CCOc1ccc([C@@H]2C[C@H](c3ccc(C(C)C)cc3)n3nc(N)nc3N2)cc1. The summed E-state index contributed by atoms with van der Waals surface area (Å²) in [6.45, 7) is 7.07. The molecule has 3 aromatic rings. The van der Waals surface area contributed by atoms with Crippen LogP contribution in [-0.2, 0) is 0 Å². The number of nitrogens with one attached hydrogen (secondary N) is 1. The van der Waals surface area contributed by atoms with Crippen molar-refractivity contribution in [2.24, 2.45) is 0 Å². The fourth-order valence-corrected chi connectivity index (χ4v) is 3.76. The van der Waals surface area contributed by atoms with Gasteiger partial charge in [-0.15, -0.1) is 5.10 Å². The average molecular weight is 377 g/mol. The molecule has 0 bridgehead atoms. The predicted molar refractivity (Wildman–Crippen MR) is 112 cm³/mol. The maximum atomic E-state index is 5.90. The van der Waals surface area contributed by atoms with Crippen molar-refractivity contribution < 1.29 is 4.74 Å². The molecular weight excluding hydrogens is 350 g/mol. The van der Waals surface area contributed by atoms with Gasteiger partial charge in [0, 0.05) is 0 Å². The van der Waals surface area contributed by atoms with E-state index in [4.69, 9.17) is 10.5 Å². The van der Waals surface area contributed by atoms with Gasteiger partial charge in [-0.05, 0) is 48.1 Å². The number of fused-ring (bicyclic) bond motifs is 1. The zero-order chi connectivity index (χ0) is 19.7. The molecule has 2 aromatic carbocycles. The van der Waals surface area contributed by atoms with E-state index in [2.05, 4.69) is 65.6 Å². The lowest BCUT2D eigenvalue weighted by Gasteiger charge is -2.32. The molecule has 146 valence electrons. The number of rotatable bonds is 5. The summed E-state index contributed by atoms with van der Waals surface area (Å²) in [4.78, 5) is 4.39. The Hall–Kier alpha value is -3.02. The molecular formula is C22H27N5O. The molecule has 1 aliphatic rings. The second kappa shape index (κ2) is 7.54. The van der Waals surface area contributed by atoms with Crippen LogP contribution in [0.1, 0.15) is 61.9 Å². The number of benzene rings is 2. The summed E-state index contributed by atoms with van der Waals surface area (Å²) in [5.41, 5.74) is 9.64. The first-order valence-electron chi connectivity index (χ1n) is 9.86. The Balaban J connectivity index is 1.65. The van der Waals surface area contributed by atoms with Gasteiger partial charge in [0.1, 0.15) is 5.75 Å². The minimum atomic E-state index is 0.0823. The predicted octanol–water partition coefficient (Wildman–Crippen LogP) is 4.53. The number of ether oxygens (including phenoxy) is 1. The van der Waals surface area contributed by atoms with Crippen LogP contribution in [0.15, 0.2) is 48.5 Å². The van der Waals surface area contributed by atoms with E-state index in [0.29, 0.717) is 24.4 Å².